The number of aromatic amines is 1. The predicted octanol–water partition coefficient (Wildman–Crippen LogP) is 8.77. The molecule has 2 saturated carbocycles. The summed E-state index contributed by atoms with van der Waals surface area (Å²) in [5.74, 6) is -0.745. The number of H-pyrrole nitrogens is 1. The SMILES string of the molecule is CC(C)c1ccccc1[C@H]1CCCN1C1CC2(CCN(c3ccc(C(=O)NS(=O)(=O)c4cc5c(c([N+](=O)[O-])c4)N[C@@H]([C@H]4CC[C@](C)(O)CC4)CO5)c(Oc4cc5cc[nH]c5nc4OC4CCS(=O)(=O)C4)c3)CC2)C1. The highest BCUT2D eigenvalue weighted by Crippen LogP contribution is 2.55. The van der Waals surface area contributed by atoms with Crippen LogP contribution in [0.2, 0.25) is 0 Å². The first-order chi connectivity index (χ1) is 35.3. The molecule has 20 heteroatoms. The van der Waals surface area contributed by atoms with E-state index in [9.17, 15) is 36.9 Å². The van der Waals surface area contributed by atoms with E-state index in [0.717, 1.165) is 57.1 Å². The Kier molecular flexibility index (Phi) is 13.1. The molecule has 2 aromatic heterocycles. The van der Waals surface area contributed by atoms with Gasteiger partial charge in [-0.1, -0.05) is 38.1 Å². The van der Waals surface area contributed by atoms with Crippen LogP contribution in [0, 0.1) is 21.4 Å². The number of rotatable bonds is 13. The average Bonchev–Trinajstić information content (AvgIpc) is 4.12. The average molecular weight is 1050 g/mol. The van der Waals surface area contributed by atoms with Gasteiger partial charge >= 0.3 is 0 Å². The highest BCUT2D eigenvalue weighted by molar-refractivity contribution is 7.91. The Hall–Kier alpha value is -5.96. The van der Waals surface area contributed by atoms with E-state index in [4.69, 9.17) is 14.2 Å². The van der Waals surface area contributed by atoms with Crippen molar-refractivity contribution in [3.63, 3.8) is 0 Å². The summed E-state index contributed by atoms with van der Waals surface area (Å²) in [5, 5.41) is 26.9. The van der Waals surface area contributed by atoms with Crippen molar-refractivity contribution >= 4 is 53.9 Å². The van der Waals surface area contributed by atoms with E-state index in [1.807, 2.05) is 0 Å². The van der Waals surface area contributed by atoms with Crippen molar-refractivity contribution in [3.8, 4) is 23.1 Å². The van der Waals surface area contributed by atoms with E-state index in [1.54, 1.807) is 37.4 Å². The first kappa shape index (κ1) is 50.2. The van der Waals surface area contributed by atoms with Gasteiger partial charge in [0.2, 0.25) is 0 Å². The molecule has 0 radical (unpaired) electrons. The lowest BCUT2D eigenvalue weighted by Crippen LogP contribution is -2.54. The second kappa shape index (κ2) is 19.3. The molecule has 1 unspecified atom stereocenters. The number of likely N-dealkylation sites (tertiary alicyclic amines) is 1. The molecule has 1 spiro atoms. The number of aliphatic hydroxyl groups is 1. The first-order valence-electron chi connectivity index (χ1n) is 26.1. The maximum Gasteiger partial charge on any atom is 0.297 e. The minimum absolute atomic E-state index is 0.00797. The Labute approximate surface area is 431 Å². The van der Waals surface area contributed by atoms with Crippen molar-refractivity contribution in [1.82, 2.24) is 19.6 Å². The molecule has 394 valence electrons. The maximum absolute atomic E-state index is 14.4. The van der Waals surface area contributed by atoms with E-state index in [1.165, 1.54) is 36.1 Å². The number of nitrogens with one attached hydrogen (secondary N) is 3. The van der Waals surface area contributed by atoms with Gasteiger partial charge in [-0.15, -0.1) is 0 Å². The molecule has 5 aromatic rings. The van der Waals surface area contributed by atoms with Gasteiger partial charge in [0.1, 0.15) is 24.1 Å². The molecule has 11 rings (SSSR count). The number of piperidine rings is 1. The summed E-state index contributed by atoms with van der Waals surface area (Å²) >= 11 is 0. The number of amides is 1. The largest absolute Gasteiger partial charge is 0.489 e. The lowest BCUT2D eigenvalue weighted by molar-refractivity contribution is -0.384. The lowest BCUT2D eigenvalue weighted by Gasteiger charge is -2.56. The van der Waals surface area contributed by atoms with Crippen molar-refractivity contribution in [3.05, 3.63) is 99.7 Å². The van der Waals surface area contributed by atoms with Gasteiger partial charge in [0.25, 0.3) is 27.5 Å². The molecule has 6 heterocycles. The molecule has 3 atom stereocenters. The second-order valence-corrected chi connectivity index (χ2v) is 26.2. The monoisotopic (exact) mass is 1050 g/mol. The summed E-state index contributed by atoms with van der Waals surface area (Å²) < 4.78 is 74.3. The van der Waals surface area contributed by atoms with Crippen LogP contribution in [-0.2, 0) is 19.9 Å². The molecule has 3 aromatic carbocycles. The van der Waals surface area contributed by atoms with Crippen LogP contribution in [0.3, 0.4) is 0 Å². The summed E-state index contributed by atoms with van der Waals surface area (Å²) in [7, 11) is -8.10. The van der Waals surface area contributed by atoms with Gasteiger partial charge in [0.05, 0.1) is 38.5 Å². The van der Waals surface area contributed by atoms with Crippen molar-refractivity contribution in [1.29, 1.82) is 0 Å². The van der Waals surface area contributed by atoms with E-state index < -0.39 is 53.0 Å². The summed E-state index contributed by atoms with van der Waals surface area (Å²) in [5.41, 5.74) is 2.93. The van der Waals surface area contributed by atoms with E-state index in [2.05, 4.69) is 67.9 Å². The van der Waals surface area contributed by atoms with Gasteiger partial charge in [0, 0.05) is 60.6 Å². The van der Waals surface area contributed by atoms with Crippen molar-refractivity contribution < 1.29 is 45.9 Å². The van der Waals surface area contributed by atoms with Crippen LogP contribution >= 0.6 is 0 Å². The Bertz CT molecular complexity index is 3210. The molecular formula is C54H65N7O11S2. The third-order valence-corrected chi connectivity index (χ3v) is 19.9. The van der Waals surface area contributed by atoms with Gasteiger partial charge in [-0.05, 0) is 137 Å². The maximum atomic E-state index is 14.4. The fourth-order valence-electron chi connectivity index (χ4n) is 12.6. The third-order valence-electron chi connectivity index (χ3n) is 16.8. The van der Waals surface area contributed by atoms with Crippen LogP contribution in [0.25, 0.3) is 11.0 Å². The Balaban J connectivity index is 0.851. The fraction of sp³-hybridized carbons (Fsp3) is 0.519. The summed E-state index contributed by atoms with van der Waals surface area (Å²) in [6.07, 6.45) is 10.4. The molecule has 4 N–H and O–H groups in total. The molecule has 0 bridgehead atoms. The highest BCUT2D eigenvalue weighted by Gasteiger charge is 2.50. The molecule has 2 aliphatic carbocycles. The van der Waals surface area contributed by atoms with Crippen LogP contribution in [0.5, 0.6) is 23.1 Å². The highest BCUT2D eigenvalue weighted by atomic mass is 32.2. The number of nitrogens with zero attached hydrogens (tertiary/aromatic N) is 4. The number of fused-ring (bicyclic) bond motifs is 2. The number of carbonyl (C=O) groups is 1. The second-order valence-electron chi connectivity index (χ2n) is 22.3. The molecule has 3 saturated heterocycles. The summed E-state index contributed by atoms with van der Waals surface area (Å²) in [6, 6.07) is 20.1. The number of benzene rings is 3. The van der Waals surface area contributed by atoms with E-state index in [-0.39, 0.29) is 76.3 Å². The number of sulfone groups is 1. The minimum atomic E-state index is -4.77. The van der Waals surface area contributed by atoms with Crippen LogP contribution in [0.15, 0.2) is 77.8 Å². The number of anilines is 2. The summed E-state index contributed by atoms with van der Waals surface area (Å²) in [6.45, 7) is 9.08. The number of hydrogen-bond donors (Lipinski definition) is 4. The number of pyridine rings is 1. The Morgan fingerprint density at radius 2 is 1.76 bits per heavy atom. The van der Waals surface area contributed by atoms with Crippen molar-refractivity contribution in [2.75, 3.05) is 48.0 Å². The number of sulfonamides is 1. The fourth-order valence-corrected chi connectivity index (χ4v) is 15.2. The number of aromatic nitrogens is 2. The number of nitro groups is 1. The van der Waals surface area contributed by atoms with Crippen LogP contribution in [0.4, 0.5) is 17.1 Å². The third kappa shape index (κ3) is 10.0. The zero-order valence-electron chi connectivity index (χ0n) is 42.0. The first-order valence-corrected chi connectivity index (χ1v) is 29.4. The Morgan fingerprint density at radius 1 is 0.986 bits per heavy atom. The quantitative estimate of drug-likeness (QED) is 0.0637. The van der Waals surface area contributed by atoms with Gasteiger partial charge in [-0.25, -0.2) is 21.6 Å². The molecule has 4 aliphatic heterocycles. The lowest BCUT2D eigenvalue weighted by atomic mass is 9.59. The smallest absolute Gasteiger partial charge is 0.297 e. The number of hydrogen-bond acceptors (Lipinski definition) is 15. The molecule has 5 fully saturated rings. The van der Waals surface area contributed by atoms with Crippen LogP contribution in [0.1, 0.15) is 125 Å². The predicted molar refractivity (Wildman–Crippen MR) is 280 cm³/mol. The summed E-state index contributed by atoms with van der Waals surface area (Å²) in [4.78, 5) is 38.4. The molecule has 74 heavy (non-hydrogen) atoms. The number of carbonyl (C=O) groups excluding carboxylic acids is 1. The number of nitro benzene ring substituents is 1. The zero-order valence-corrected chi connectivity index (χ0v) is 43.7. The normalized spacial score (nSPS) is 25.8. The van der Waals surface area contributed by atoms with Crippen molar-refractivity contribution in [2.24, 2.45) is 11.3 Å². The van der Waals surface area contributed by atoms with Gasteiger partial charge in [-0.2, -0.15) is 4.98 Å². The topological polar surface area (TPSA) is 236 Å². The van der Waals surface area contributed by atoms with E-state index >= 15 is 0 Å². The Morgan fingerprint density at radius 3 is 2.49 bits per heavy atom. The zero-order chi connectivity index (χ0) is 51.7. The van der Waals surface area contributed by atoms with Gasteiger partial charge in [0.15, 0.2) is 27.0 Å². The molecular weight excluding hydrogens is 987 g/mol. The van der Waals surface area contributed by atoms with Crippen LogP contribution < -0.4 is 29.1 Å². The molecule has 6 aliphatic rings. The van der Waals surface area contributed by atoms with Crippen LogP contribution in [-0.4, -0.2) is 109 Å². The number of ether oxygens (including phenoxy) is 3. The molecule has 1 amide bonds. The van der Waals surface area contributed by atoms with Gasteiger partial charge < -0.3 is 34.5 Å². The van der Waals surface area contributed by atoms with E-state index in [0.29, 0.717) is 54.7 Å². The standard InChI is InChI=1S/C54H65N7O11S2/c1-33(2)40-7-4-5-8-41(40)44-9-6-21-60(44)37-29-54(30-37)18-22-59(23-19-54)36-10-11-42(46(26-36)72-48-25-35-14-20-55-50(35)57-52(48)71-38-15-24-73(66,67)32-38)51(62)58-74(68,69)39-27-45(61(64)65)49-47(28-39)70-31-43(56-49)34-12-16-53(3,63)17-13-34/h4-5,7-8,10-11,14,20,25-28,33-34,37-38,43-44,56,63H,6,9,12-13,15-19,21-24,29-32H2,1-3H3,(H,55,57)(H,58,62)/t34-,38?,43-,44-,53-/m1/s1. The minimum Gasteiger partial charge on any atom is -0.489 e. The van der Waals surface area contributed by atoms with Crippen molar-refractivity contribution in [2.45, 2.75) is 132 Å². The molecule has 18 nitrogen and oxygen atoms in total. The van der Waals surface area contributed by atoms with Gasteiger partial charge in [-0.3, -0.25) is 19.8 Å².